The van der Waals surface area contributed by atoms with Crippen LogP contribution in [0.1, 0.15) is 18.9 Å². The first-order chi connectivity index (χ1) is 8.28. The highest BCUT2D eigenvalue weighted by molar-refractivity contribution is 8.00. The van der Waals surface area contributed by atoms with Gasteiger partial charge in [0.25, 0.3) is 0 Å². The lowest BCUT2D eigenvalue weighted by atomic mass is 10.0. The normalized spacial score (nSPS) is 26.0. The third-order valence-corrected chi connectivity index (χ3v) is 4.57. The molecule has 1 aromatic carbocycles. The fraction of sp³-hybridized carbons (Fsp3) is 0.571. The standard InChI is InChI=1S/C14H21NOS/c1-11-7-14(10-17-11)15-13(9-16)8-12-5-3-2-4-6-12/h2-6,11,13-16H,7-10H2,1H3/t11?,13-,14?/m1/s1. The topological polar surface area (TPSA) is 32.3 Å². The van der Waals surface area contributed by atoms with Crippen molar-refractivity contribution in [2.24, 2.45) is 0 Å². The molecule has 1 aromatic rings. The molecule has 2 unspecified atom stereocenters. The van der Waals surface area contributed by atoms with Crippen LogP contribution in [0.2, 0.25) is 0 Å². The Morgan fingerprint density at radius 1 is 1.41 bits per heavy atom. The number of nitrogens with one attached hydrogen (secondary N) is 1. The number of rotatable bonds is 5. The molecule has 0 bridgehead atoms. The maximum atomic E-state index is 9.44. The van der Waals surface area contributed by atoms with Gasteiger partial charge < -0.3 is 10.4 Å². The molecule has 0 aromatic heterocycles. The van der Waals surface area contributed by atoms with E-state index in [2.05, 4.69) is 36.5 Å². The van der Waals surface area contributed by atoms with Crippen LogP contribution in [0.3, 0.4) is 0 Å². The number of aliphatic hydroxyl groups is 1. The first-order valence-corrected chi connectivity index (χ1v) is 7.35. The van der Waals surface area contributed by atoms with Crippen molar-refractivity contribution in [2.75, 3.05) is 12.4 Å². The second-order valence-corrected chi connectivity index (χ2v) is 6.28. The second kappa shape index (κ2) is 6.43. The van der Waals surface area contributed by atoms with Crippen LogP contribution < -0.4 is 5.32 Å². The summed E-state index contributed by atoms with van der Waals surface area (Å²) in [7, 11) is 0. The lowest BCUT2D eigenvalue weighted by Gasteiger charge is -2.21. The van der Waals surface area contributed by atoms with E-state index in [4.69, 9.17) is 0 Å². The van der Waals surface area contributed by atoms with Crippen LogP contribution in [0.15, 0.2) is 30.3 Å². The Labute approximate surface area is 108 Å². The monoisotopic (exact) mass is 251 g/mol. The predicted molar refractivity (Wildman–Crippen MR) is 74.5 cm³/mol. The van der Waals surface area contributed by atoms with Gasteiger partial charge in [-0.3, -0.25) is 0 Å². The predicted octanol–water partition coefficient (Wildman–Crippen LogP) is 2.07. The molecule has 2 rings (SSSR count). The number of hydrogen-bond donors (Lipinski definition) is 2. The van der Waals surface area contributed by atoms with E-state index < -0.39 is 0 Å². The van der Waals surface area contributed by atoms with E-state index in [0.29, 0.717) is 6.04 Å². The SMILES string of the molecule is CC1CC(N[C@@H](CO)Cc2ccccc2)CS1. The average molecular weight is 251 g/mol. The summed E-state index contributed by atoms with van der Waals surface area (Å²) in [5.41, 5.74) is 1.29. The number of aliphatic hydroxyl groups excluding tert-OH is 1. The first kappa shape index (κ1) is 12.9. The van der Waals surface area contributed by atoms with Crippen LogP contribution in [-0.2, 0) is 6.42 Å². The van der Waals surface area contributed by atoms with Crippen molar-refractivity contribution in [1.29, 1.82) is 0 Å². The summed E-state index contributed by atoms with van der Waals surface area (Å²) >= 11 is 2.02. The van der Waals surface area contributed by atoms with Gasteiger partial charge in [-0.15, -0.1) is 0 Å². The fourth-order valence-corrected chi connectivity index (χ4v) is 3.50. The lowest BCUT2D eigenvalue weighted by molar-refractivity contribution is 0.232. The van der Waals surface area contributed by atoms with Crippen molar-refractivity contribution >= 4 is 11.8 Å². The Morgan fingerprint density at radius 2 is 2.18 bits per heavy atom. The quantitative estimate of drug-likeness (QED) is 0.840. The molecule has 1 saturated heterocycles. The Morgan fingerprint density at radius 3 is 2.76 bits per heavy atom. The van der Waals surface area contributed by atoms with Gasteiger partial charge in [-0.1, -0.05) is 37.3 Å². The summed E-state index contributed by atoms with van der Waals surface area (Å²) in [6, 6.07) is 11.1. The molecule has 1 aliphatic rings. The molecule has 2 N–H and O–H groups in total. The van der Waals surface area contributed by atoms with Crippen LogP contribution in [0.5, 0.6) is 0 Å². The van der Waals surface area contributed by atoms with Gasteiger partial charge in [0.05, 0.1) is 6.61 Å². The maximum Gasteiger partial charge on any atom is 0.0587 e. The van der Waals surface area contributed by atoms with Gasteiger partial charge in [-0.25, -0.2) is 0 Å². The van der Waals surface area contributed by atoms with Gasteiger partial charge in [0, 0.05) is 23.1 Å². The van der Waals surface area contributed by atoms with Gasteiger partial charge >= 0.3 is 0 Å². The molecule has 3 heteroatoms. The van der Waals surface area contributed by atoms with Gasteiger partial charge in [0.1, 0.15) is 0 Å². The third kappa shape index (κ3) is 4.02. The minimum Gasteiger partial charge on any atom is -0.395 e. The van der Waals surface area contributed by atoms with Gasteiger partial charge in [-0.05, 0) is 18.4 Å². The smallest absolute Gasteiger partial charge is 0.0587 e. The Kier molecular flexibility index (Phi) is 4.89. The van der Waals surface area contributed by atoms with E-state index in [1.165, 1.54) is 17.7 Å². The minimum absolute atomic E-state index is 0.188. The van der Waals surface area contributed by atoms with Crippen LogP contribution in [0, 0.1) is 0 Å². The summed E-state index contributed by atoms with van der Waals surface area (Å²) in [5, 5.41) is 13.8. The minimum atomic E-state index is 0.188. The molecule has 0 amide bonds. The summed E-state index contributed by atoms with van der Waals surface area (Å²) in [5.74, 6) is 1.17. The molecule has 0 saturated carbocycles. The molecular weight excluding hydrogens is 230 g/mol. The second-order valence-electron chi connectivity index (χ2n) is 4.81. The molecule has 2 nitrogen and oxygen atoms in total. The van der Waals surface area contributed by atoms with E-state index in [0.717, 1.165) is 11.7 Å². The fourth-order valence-electron chi connectivity index (χ4n) is 2.34. The van der Waals surface area contributed by atoms with Crippen LogP contribution in [-0.4, -0.2) is 34.8 Å². The molecule has 1 heterocycles. The van der Waals surface area contributed by atoms with Gasteiger partial charge in [0.2, 0.25) is 0 Å². The molecule has 0 radical (unpaired) electrons. The van der Waals surface area contributed by atoms with Gasteiger partial charge in [-0.2, -0.15) is 11.8 Å². The number of benzene rings is 1. The highest BCUT2D eigenvalue weighted by Gasteiger charge is 2.23. The van der Waals surface area contributed by atoms with Crippen LogP contribution in [0.4, 0.5) is 0 Å². The lowest BCUT2D eigenvalue weighted by Crippen LogP contribution is -2.42. The zero-order valence-electron chi connectivity index (χ0n) is 10.3. The van der Waals surface area contributed by atoms with Crippen LogP contribution in [0.25, 0.3) is 0 Å². The zero-order valence-corrected chi connectivity index (χ0v) is 11.1. The van der Waals surface area contributed by atoms with Crippen LogP contribution >= 0.6 is 11.8 Å². The summed E-state index contributed by atoms with van der Waals surface area (Å²) < 4.78 is 0. The summed E-state index contributed by atoms with van der Waals surface area (Å²) in [6.07, 6.45) is 2.13. The highest BCUT2D eigenvalue weighted by atomic mass is 32.2. The Hall–Kier alpha value is -0.510. The van der Waals surface area contributed by atoms with Crippen molar-refractivity contribution in [3.63, 3.8) is 0 Å². The van der Waals surface area contributed by atoms with E-state index in [-0.39, 0.29) is 12.6 Å². The molecule has 0 spiro atoms. The van der Waals surface area contributed by atoms with E-state index in [9.17, 15) is 5.11 Å². The Balaban J connectivity index is 1.85. The average Bonchev–Trinajstić information content (AvgIpc) is 2.75. The van der Waals surface area contributed by atoms with E-state index >= 15 is 0 Å². The molecular formula is C14H21NOS. The van der Waals surface area contributed by atoms with Crippen molar-refractivity contribution in [3.8, 4) is 0 Å². The van der Waals surface area contributed by atoms with E-state index in [1.807, 2.05) is 17.8 Å². The summed E-state index contributed by atoms with van der Waals surface area (Å²) in [4.78, 5) is 0. The maximum absolute atomic E-state index is 9.44. The Bertz CT molecular complexity index is 330. The molecule has 0 aliphatic carbocycles. The first-order valence-electron chi connectivity index (χ1n) is 6.30. The van der Waals surface area contributed by atoms with Gasteiger partial charge in [0.15, 0.2) is 0 Å². The van der Waals surface area contributed by atoms with Crippen molar-refractivity contribution in [3.05, 3.63) is 35.9 Å². The largest absolute Gasteiger partial charge is 0.395 e. The van der Waals surface area contributed by atoms with E-state index in [1.54, 1.807) is 0 Å². The van der Waals surface area contributed by atoms with Crippen molar-refractivity contribution < 1.29 is 5.11 Å². The summed E-state index contributed by atoms with van der Waals surface area (Å²) in [6.45, 7) is 2.49. The molecule has 1 fully saturated rings. The van der Waals surface area contributed by atoms with Crippen molar-refractivity contribution in [1.82, 2.24) is 5.32 Å². The number of hydrogen-bond acceptors (Lipinski definition) is 3. The zero-order chi connectivity index (χ0) is 12.1. The van der Waals surface area contributed by atoms with Crippen molar-refractivity contribution in [2.45, 2.75) is 37.1 Å². The third-order valence-electron chi connectivity index (χ3n) is 3.22. The molecule has 3 atom stereocenters. The molecule has 1 aliphatic heterocycles. The molecule has 94 valence electrons. The molecule has 17 heavy (non-hydrogen) atoms. The highest BCUT2D eigenvalue weighted by Crippen LogP contribution is 2.26. The number of thioether (sulfide) groups is 1.